The van der Waals surface area contributed by atoms with E-state index in [2.05, 4.69) is 116 Å². The van der Waals surface area contributed by atoms with Crippen molar-refractivity contribution in [3.63, 3.8) is 0 Å². The van der Waals surface area contributed by atoms with Gasteiger partial charge in [0.15, 0.2) is 0 Å². The lowest BCUT2D eigenvalue weighted by Crippen LogP contribution is -2.41. The highest BCUT2D eigenvalue weighted by molar-refractivity contribution is 6.01. The number of aliphatic imine (C=N–C) groups is 1. The molecule has 2 unspecified atom stereocenters. The topological polar surface area (TPSA) is 110 Å². The number of amidine groups is 1. The van der Waals surface area contributed by atoms with E-state index in [1.807, 2.05) is 19.9 Å². The first-order chi connectivity index (χ1) is 19.4. The SMILES string of the molecule is Cc1ccc(-c2nc3cc4nc(C)[nH]c4cc3[nH]2)cc1.Cc1cccc(C2=NC3C=c4nc(C)[nH]c4=CC3N2)c1. The molecule has 0 bridgehead atoms. The molecule has 4 N–H and O–H groups in total. The van der Waals surface area contributed by atoms with Crippen LogP contribution < -0.4 is 16.0 Å². The maximum Gasteiger partial charge on any atom is 0.138 e. The van der Waals surface area contributed by atoms with Gasteiger partial charge in [-0.3, -0.25) is 4.99 Å². The van der Waals surface area contributed by atoms with E-state index < -0.39 is 0 Å². The molecule has 8 rings (SSSR count). The van der Waals surface area contributed by atoms with Gasteiger partial charge < -0.3 is 20.3 Å². The predicted octanol–water partition coefficient (Wildman–Crippen LogP) is 4.11. The molecule has 0 radical (unpaired) electrons. The van der Waals surface area contributed by atoms with Crippen LogP contribution in [0.5, 0.6) is 0 Å². The van der Waals surface area contributed by atoms with Crippen molar-refractivity contribution >= 4 is 40.1 Å². The van der Waals surface area contributed by atoms with E-state index in [0.29, 0.717) is 0 Å². The Balaban J connectivity index is 0.000000132. The Bertz CT molecular complexity index is 1990. The van der Waals surface area contributed by atoms with Gasteiger partial charge in [-0.05, 0) is 58.0 Å². The highest BCUT2D eigenvalue weighted by Crippen LogP contribution is 2.24. The standard InChI is InChI=1S/C16H14N4.C16H16N4/c1-9-3-5-11(6-4-9)16-19-14-7-12-13(8-15(14)20-16)18-10(2)17-12;1-9-4-3-5-11(6-9)16-19-14-7-12-13(8-15(14)20-16)18-10(2)17-12/h3-8H,1-2H3,(H,17,18)(H,19,20);3-8,14-15H,1-2H3,(H,17,18)(H,19,20). The van der Waals surface area contributed by atoms with Crippen LogP contribution in [0.4, 0.5) is 0 Å². The van der Waals surface area contributed by atoms with Gasteiger partial charge in [0.1, 0.15) is 23.3 Å². The molecule has 3 aromatic heterocycles. The van der Waals surface area contributed by atoms with Crippen molar-refractivity contribution in [3.05, 3.63) is 99.7 Å². The first kappa shape index (κ1) is 24.1. The second kappa shape index (κ2) is 9.34. The molecule has 3 aromatic carbocycles. The van der Waals surface area contributed by atoms with Gasteiger partial charge in [-0.2, -0.15) is 0 Å². The van der Waals surface area contributed by atoms with Crippen molar-refractivity contribution in [3.8, 4) is 11.4 Å². The lowest BCUT2D eigenvalue weighted by Gasteiger charge is -2.13. The minimum Gasteiger partial charge on any atom is -0.361 e. The molecular formula is C32H30N8. The van der Waals surface area contributed by atoms with Crippen LogP contribution in [0.3, 0.4) is 0 Å². The number of benzene rings is 3. The fourth-order valence-corrected chi connectivity index (χ4v) is 5.35. The maximum absolute atomic E-state index is 4.79. The molecule has 8 heteroatoms. The van der Waals surface area contributed by atoms with Gasteiger partial charge in [0.2, 0.25) is 0 Å². The molecular weight excluding hydrogens is 496 g/mol. The number of aryl methyl sites for hydroxylation is 4. The molecule has 2 atom stereocenters. The van der Waals surface area contributed by atoms with Gasteiger partial charge in [-0.1, -0.05) is 53.6 Å². The van der Waals surface area contributed by atoms with Gasteiger partial charge in [0, 0.05) is 11.1 Å². The fraction of sp³-hybridized carbons (Fsp3) is 0.188. The number of rotatable bonds is 2. The number of nitrogens with zero attached hydrogens (tertiary/aromatic N) is 4. The number of aromatic amines is 3. The van der Waals surface area contributed by atoms with Crippen LogP contribution in [0, 0.1) is 27.7 Å². The maximum atomic E-state index is 4.79. The summed E-state index contributed by atoms with van der Waals surface area (Å²) in [4.78, 5) is 28.3. The summed E-state index contributed by atoms with van der Waals surface area (Å²) in [5.41, 5.74) is 8.70. The quantitative estimate of drug-likeness (QED) is 0.272. The van der Waals surface area contributed by atoms with Crippen LogP contribution in [-0.4, -0.2) is 47.8 Å². The smallest absolute Gasteiger partial charge is 0.138 e. The molecule has 1 aliphatic heterocycles. The molecule has 0 saturated heterocycles. The zero-order valence-corrected chi connectivity index (χ0v) is 22.9. The van der Waals surface area contributed by atoms with Crippen molar-refractivity contribution in [1.29, 1.82) is 0 Å². The third kappa shape index (κ3) is 4.47. The molecule has 0 spiro atoms. The number of nitrogens with one attached hydrogen (secondary N) is 4. The van der Waals surface area contributed by atoms with E-state index in [1.165, 1.54) is 11.1 Å². The summed E-state index contributed by atoms with van der Waals surface area (Å²) in [6.45, 7) is 8.12. The molecule has 198 valence electrons. The summed E-state index contributed by atoms with van der Waals surface area (Å²) < 4.78 is 0. The molecule has 0 fully saturated rings. The van der Waals surface area contributed by atoms with Crippen LogP contribution in [-0.2, 0) is 0 Å². The fourth-order valence-electron chi connectivity index (χ4n) is 5.35. The first-order valence-electron chi connectivity index (χ1n) is 13.5. The van der Waals surface area contributed by atoms with E-state index >= 15 is 0 Å². The monoisotopic (exact) mass is 526 g/mol. The zero-order chi connectivity index (χ0) is 27.4. The predicted molar refractivity (Wildman–Crippen MR) is 161 cm³/mol. The van der Waals surface area contributed by atoms with Crippen LogP contribution in [0.15, 0.2) is 65.7 Å². The molecule has 1 aliphatic carbocycles. The summed E-state index contributed by atoms with van der Waals surface area (Å²) >= 11 is 0. The number of hydrogen-bond donors (Lipinski definition) is 4. The average molecular weight is 527 g/mol. The third-order valence-corrected chi connectivity index (χ3v) is 7.32. The number of fused-ring (bicyclic) bond motifs is 4. The zero-order valence-electron chi connectivity index (χ0n) is 22.9. The Morgan fingerprint density at radius 3 is 2.25 bits per heavy atom. The van der Waals surface area contributed by atoms with Gasteiger partial charge >= 0.3 is 0 Å². The summed E-state index contributed by atoms with van der Waals surface area (Å²) in [5, 5.41) is 5.61. The van der Waals surface area contributed by atoms with E-state index in [-0.39, 0.29) is 12.1 Å². The van der Waals surface area contributed by atoms with Gasteiger partial charge in [0.05, 0.1) is 44.8 Å². The summed E-state index contributed by atoms with van der Waals surface area (Å²) in [6.07, 6.45) is 4.32. The van der Waals surface area contributed by atoms with E-state index in [1.54, 1.807) is 0 Å². The van der Waals surface area contributed by atoms with Gasteiger partial charge in [-0.25, -0.2) is 15.0 Å². The molecule has 0 saturated carbocycles. The van der Waals surface area contributed by atoms with Crippen LogP contribution in [0.1, 0.15) is 28.3 Å². The van der Waals surface area contributed by atoms with Crippen LogP contribution in [0.2, 0.25) is 0 Å². The van der Waals surface area contributed by atoms with Crippen molar-refractivity contribution in [2.24, 2.45) is 4.99 Å². The Labute approximate surface area is 231 Å². The molecule has 0 amide bonds. The summed E-state index contributed by atoms with van der Waals surface area (Å²) in [6, 6.07) is 21.2. The molecule has 6 aromatic rings. The van der Waals surface area contributed by atoms with Crippen LogP contribution >= 0.6 is 0 Å². The lowest BCUT2D eigenvalue weighted by molar-refractivity contribution is 0.744. The third-order valence-electron chi connectivity index (χ3n) is 7.32. The largest absolute Gasteiger partial charge is 0.361 e. The number of H-pyrrole nitrogens is 3. The first-order valence-corrected chi connectivity index (χ1v) is 13.5. The number of aromatic nitrogens is 6. The lowest BCUT2D eigenvalue weighted by atomic mass is 10.1. The summed E-state index contributed by atoms with van der Waals surface area (Å²) in [7, 11) is 0. The minimum absolute atomic E-state index is 0.140. The molecule has 4 heterocycles. The Morgan fingerprint density at radius 2 is 1.43 bits per heavy atom. The van der Waals surface area contributed by atoms with Gasteiger partial charge in [-0.15, -0.1) is 0 Å². The molecule has 8 nitrogen and oxygen atoms in total. The minimum atomic E-state index is 0.140. The van der Waals surface area contributed by atoms with E-state index in [0.717, 1.165) is 67.2 Å². The molecule has 2 aliphatic rings. The van der Waals surface area contributed by atoms with Crippen molar-refractivity contribution in [2.45, 2.75) is 39.8 Å². The number of imidazole rings is 3. The number of hydrogen-bond acceptors (Lipinski definition) is 5. The summed E-state index contributed by atoms with van der Waals surface area (Å²) in [5.74, 6) is 3.74. The average Bonchev–Trinajstić information content (AvgIpc) is 3.69. The second-order valence-corrected chi connectivity index (χ2v) is 10.6. The van der Waals surface area contributed by atoms with Crippen molar-refractivity contribution in [2.75, 3.05) is 0 Å². The van der Waals surface area contributed by atoms with E-state index in [9.17, 15) is 0 Å². The Hall–Kier alpha value is -4.98. The highest BCUT2D eigenvalue weighted by atomic mass is 15.1. The normalized spacial score (nSPS) is 17.2. The Kier molecular flexibility index (Phi) is 5.62. The highest BCUT2D eigenvalue weighted by Gasteiger charge is 2.28. The second-order valence-electron chi connectivity index (χ2n) is 10.6. The van der Waals surface area contributed by atoms with Crippen molar-refractivity contribution < 1.29 is 0 Å². The van der Waals surface area contributed by atoms with Gasteiger partial charge in [0.25, 0.3) is 0 Å². The van der Waals surface area contributed by atoms with E-state index in [4.69, 9.17) is 4.99 Å². The van der Waals surface area contributed by atoms with Crippen molar-refractivity contribution in [1.82, 2.24) is 35.2 Å². The molecule has 40 heavy (non-hydrogen) atoms. The Morgan fingerprint density at radius 1 is 0.650 bits per heavy atom. The van der Waals surface area contributed by atoms with Crippen LogP contribution in [0.25, 0.3) is 45.6 Å².